The molecule has 0 aliphatic rings. The molecule has 0 aliphatic heterocycles. The molecule has 1 heterocycles. The third-order valence-corrected chi connectivity index (χ3v) is 4.40. The summed E-state index contributed by atoms with van der Waals surface area (Å²) >= 11 is 8.30. The van der Waals surface area contributed by atoms with Gasteiger partial charge in [0.05, 0.1) is 13.8 Å². The van der Waals surface area contributed by atoms with Gasteiger partial charge < -0.3 is 9.84 Å². The van der Waals surface area contributed by atoms with Crippen LogP contribution >= 0.6 is 43.2 Å². The minimum absolute atomic E-state index is 0.208. The van der Waals surface area contributed by atoms with E-state index >= 15 is 0 Å². The summed E-state index contributed by atoms with van der Waals surface area (Å²) in [5.41, 5.74) is 1.25. The maximum atomic E-state index is 10.9. The number of aromatic carboxylic acids is 1. The number of rotatable bonds is 4. The fourth-order valence-electron chi connectivity index (χ4n) is 1.33. The van der Waals surface area contributed by atoms with Gasteiger partial charge in [0.15, 0.2) is 0 Å². The van der Waals surface area contributed by atoms with Crippen molar-refractivity contribution in [2.75, 3.05) is 0 Å². The quantitative estimate of drug-likeness (QED) is 0.831. The van der Waals surface area contributed by atoms with Gasteiger partial charge in [0.2, 0.25) is 0 Å². The lowest BCUT2D eigenvalue weighted by Gasteiger charge is -2.08. The first-order valence-electron chi connectivity index (χ1n) is 4.95. The summed E-state index contributed by atoms with van der Waals surface area (Å²) in [5, 5.41) is 10.9. The second-order valence-electron chi connectivity index (χ2n) is 3.50. The fourth-order valence-corrected chi connectivity index (χ4v) is 2.88. The van der Waals surface area contributed by atoms with E-state index in [4.69, 9.17) is 9.84 Å². The van der Waals surface area contributed by atoms with Gasteiger partial charge in [-0.3, -0.25) is 0 Å². The summed E-state index contributed by atoms with van der Waals surface area (Å²) in [7, 11) is 0. The highest BCUT2D eigenvalue weighted by Crippen LogP contribution is 2.28. The number of benzene rings is 1. The van der Waals surface area contributed by atoms with E-state index in [2.05, 4.69) is 31.9 Å². The zero-order valence-corrected chi connectivity index (χ0v) is 13.0. The molecule has 3 nitrogen and oxygen atoms in total. The number of thiophene rings is 1. The van der Waals surface area contributed by atoms with Crippen LogP contribution in [0.5, 0.6) is 5.75 Å². The molecular weight excluding hydrogens is 384 g/mol. The largest absolute Gasteiger partial charge is 0.488 e. The Morgan fingerprint density at radius 3 is 2.72 bits per heavy atom. The standard InChI is InChI=1S/C12H8Br2O3S/c13-9-2-1-8(12(15)16)4-10(9)17-5-7-3-11(14)18-6-7/h1-4,6H,5H2,(H,15,16). The number of halogens is 2. The summed E-state index contributed by atoms with van der Waals surface area (Å²) in [5.74, 6) is -0.442. The number of carbonyl (C=O) groups is 1. The van der Waals surface area contributed by atoms with Gasteiger partial charge >= 0.3 is 5.97 Å². The minimum atomic E-state index is -0.967. The first kappa shape index (κ1) is 13.6. The van der Waals surface area contributed by atoms with Crippen molar-refractivity contribution in [3.05, 3.63) is 49.0 Å². The van der Waals surface area contributed by atoms with Crippen LogP contribution in [0.3, 0.4) is 0 Å². The molecule has 18 heavy (non-hydrogen) atoms. The van der Waals surface area contributed by atoms with Crippen LogP contribution in [-0.4, -0.2) is 11.1 Å². The van der Waals surface area contributed by atoms with Crippen molar-refractivity contribution < 1.29 is 14.6 Å². The van der Waals surface area contributed by atoms with Crippen LogP contribution in [-0.2, 0) is 6.61 Å². The molecule has 0 spiro atoms. The first-order valence-corrected chi connectivity index (χ1v) is 7.41. The lowest BCUT2D eigenvalue weighted by Crippen LogP contribution is -1.99. The summed E-state index contributed by atoms with van der Waals surface area (Å²) in [4.78, 5) is 10.9. The van der Waals surface area contributed by atoms with Gasteiger partial charge in [0.1, 0.15) is 12.4 Å². The van der Waals surface area contributed by atoms with Gasteiger partial charge in [-0.05, 0) is 61.5 Å². The van der Waals surface area contributed by atoms with E-state index in [1.54, 1.807) is 17.4 Å². The molecule has 0 fully saturated rings. The molecule has 0 saturated heterocycles. The minimum Gasteiger partial charge on any atom is -0.488 e. The summed E-state index contributed by atoms with van der Waals surface area (Å²) in [6, 6.07) is 6.68. The van der Waals surface area contributed by atoms with E-state index in [0.29, 0.717) is 12.4 Å². The second kappa shape index (κ2) is 5.86. The normalized spacial score (nSPS) is 10.3. The Balaban J connectivity index is 2.13. The highest BCUT2D eigenvalue weighted by atomic mass is 79.9. The van der Waals surface area contributed by atoms with Crippen LogP contribution in [0.4, 0.5) is 0 Å². The van der Waals surface area contributed by atoms with Crippen molar-refractivity contribution in [3.63, 3.8) is 0 Å². The Kier molecular flexibility index (Phi) is 4.42. The van der Waals surface area contributed by atoms with Gasteiger partial charge in [-0.2, -0.15) is 0 Å². The highest BCUT2D eigenvalue weighted by Gasteiger charge is 2.08. The molecule has 0 atom stereocenters. The number of hydrogen-bond acceptors (Lipinski definition) is 3. The lowest BCUT2D eigenvalue weighted by molar-refractivity contribution is 0.0696. The van der Waals surface area contributed by atoms with Gasteiger partial charge in [-0.25, -0.2) is 4.79 Å². The monoisotopic (exact) mass is 390 g/mol. The van der Waals surface area contributed by atoms with Crippen LogP contribution in [0.15, 0.2) is 37.9 Å². The maximum absolute atomic E-state index is 10.9. The molecule has 94 valence electrons. The van der Waals surface area contributed by atoms with Gasteiger partial charge in [-0.15, -0.1) is 11.3 Å². The van der Waals surface area contributed by atoms with Crippen LogP contribution in [0.2, 0.25) is 0 Å². The zero-order valence-electron chi connectivity index (χ0n) is 9.02. The third kappa shape index (κ3) is 3.34. The highest BCUT2D eigenvalue weighted by molar-refractivity contribution is 9.11. The molecular formula is C12H8Br2O3S. The number of hydrogen-bond donors (Lipinski definition) is 1. The molecule has 1 aromatic heterocycles. The van der Waals surface area contributed by atoms with Crippen molar-refractivity contribution in [2.45, 2.75) is 6.61 Å². The van der Waals surface area contributed by atoms with Crippen LogP contribution in [0.1, 0.15) is 15.9 Å². The lowest BCUT2D eigenvalue weighted by atomic mass is 10.2. The van der Waals surface area contributed by atoms with Crippen molar-refractivity contribution >= 4 is 49.2 Å². The maximum Gasteiger partial charge on any atom is 0.335 e. The SMILES string of the molecule is O=C(O)c1ccc(Br)c(OCc2csc(Br)c2)c1. The van der Waals surface area contributed by atoms with Gasteiger partial charge in [-0.1, -0.05) is 0 Å². The third-order valence-electron chi connectivity index (χ3n) is 2.19. The Morgan fingerprint density at radius 2 is 2.11 bits per heavy atom. The van der Waals surface area contributed by atoms with Crippen molar-refractivity contribution in [1.29, 1.82) is 0 Å². The molecule has 2 rings (SSSR count). The Bertz CT molecular complexity index is 580. The summed E-state index contributed by atoms with van der Waals surface area (Å²) in [6.07, 6.45) is 0. The summed E-state index contributed by atoms with van der Waals surface area (Å²) < 4.78 is 7.38. The van der Waals surface area contributed by atoms with Crippen molar-refractivity contribution in [3.8, 4) is 5.75 Å². The van der Waals surface area contributed by atoms with Gasteiger partial charge in [0, 0.05) is 5.56 Å². The van der Waals surface area contributed by atoms with E-state index in [0.717, 1.165) is 13.8 Å². The average molecular weight is 392 g/mol. The Labute approximate surface area is 125 Å². The second-order valence-corrected chi connectivity index (χ2v) is 6.64. The Hall–Kier alpha value is -0.850. The molecule has 0 amide bonds. The van der Waals surface area contributed by atoms with Crippen LogP contribution < -0.4 is 4.74 Å². The number of carboxylic acid groups (broad SMARTS) is 1. The molecule has 0 bridgehead atoms. The molecule has 1 aromatic carbocycles. The van der Waals surface area contributed by atoms with Crippen molar-refractivity contribution in [1.82, 2.24) is 0 Å². The molecule has 0 aliphatic carbocycles. The summed E-state index contributed by atoms with van der Waals surface area (Å²) in [6.45, 7) is 0.407. The fraction of sp³-hybridized carbons (Fsp3) is 0.0833. The van der Waals surface area contributed by atoms with Crippen molar-refractivity contribution in [2.24, 2.45) is 0 Å². The van der Waals surface area contributed by atoms with Crippen LogP contribution in [0, 0.1) is 0 Å². The van der Waals surface area contributed by atoms with Crippen LogP contribution in [0.25, 0.3) is 0 Å². The topological polar surface area (TPSA) is 46.5 Å². The zero-order chi connectivity index (χ0) is 13.1. The van der Waals surface area contributed by atoms with E-state index < -0.39 is 5.97 Å². The molecule has 0 unspecified atom stereocenters. The smallest absolute Gasteiger partial charge is 0.335 e. The number of carboxylic acids is 1. The molecule has 0 radical (unpaired) electrons. The Morgan fingerprint density at radius 1 is 1.33 bits per heavy atom. The predicted molar refractivity (Wildman–Crippen MR) is 77.5 cm³/mol. The molecule has 6 heteroatoms. The first-order chi connectivity index (χ1) is 8.56. The predicted octanol–water partition coefficient (Wildman–Crippen LogP) is 4.55. The average Bonchev–Trinajstić information content (AvgIpc) is 2.74. The van der Waals surface area contributed by atoms with E-state index in [9.17, 15) is 4.79 Å². The molecule has 2 aromatic rings. The molecule has 0 saturated carbocycles. The van der Waals surface area contributed by atoms with Gasteiger partial charge in [0.25, 0.3) is 0 Å². The van der Waals surface area contributed by atoms with E-state index in [1.807, 2.05) is 11.4 Å². The van der Waals surface area contributed by atoms with E-state index in [-0.39, 0.29) is 5.56 Å². The van der Waals surface area contributed by atoms with E-state index in [1.165, 1.54) is 12.1 Å². The number of ether oxygens (including phenoxy) is 1. The molecule has 1 N–H and O–H groups in total.